The van der Waals surface area contributed by atoms with Gasteiger partial charge in [-0.15, -0.1) is 11.3 Å². The van der Waals surface area contributed by atoms with E-state index in [2.05, 4.69) is 18.0 Å². The number of ether oxygens (including phenoxy) is 1. The van der Waals surface area contributed by atoms with E-state index in [4.69, 9.17) is 4.74 Å². The van der Waals surface area contributed by atoms with Gasteiger partial charge in [-0.3, -0.25) is 4.79 Å². The molecule has 0 saturated heterocycles. The maximum absolute atomic E-state index is 13.8. The van der Waals surface area contributed by atoms with Crippen LogP contribution in [0.3, 0.4) is 0 Å². The molecule has 0 radical (unpaired) electrons. The Balaban J connectivity index is 1.63. The van der Waals surface area contributed by atoms with Gasteiger partial charge in [0, 0.05) is 12.4 Å². The molecule has 6 heteroatoms. The number of hydrogen-bond acceptors (Lipinski definition) is 4. The zero-order valence-electron chi connectivity index (χ0n) is 16.5. The molecule has 1 amide bonds. The Morgan fingerprint density at radius 3 is 2.71 bits per heavy atom. The van der Waals surface area contributed by atoms with Crippen molar-refractivity contribution in [3.8, 4) is 5.75 Å². The summed E-state index contributed by atoms with van der Waals surface area (Å²) in [4.78, 5) is 18.4. The van der Waals surface area contributed by atoms with Crippen molar-refractivity contribution < 1.29 is 13.9 Å². The molecule has 1 heterocycles. The van der Waals surface area contributed by atoms with Crippen LogP contribution in [0.5, 0.6) is 5.75 Å². The topological polar surface area (TPSA) is 42.4 Å². The molecule has 0 atom stereocenters. The number of amides is 1. The van der Waals surface area contributed by atoms with Crippen LogP contribution in [0.1, 0.15) is 37.7 Å². The Kier molecular flexibility index (Phi) is 6.09. The Labute approximate surface area is 168 Å². The Morgan fingerprint density at radius 1 is 1.21 bits per heavy atom. The van der Waals surface area contributed by atoms with Gasteiger partial charge in [-0.25, -0.2) is 9.37 Å². The molecule has 1 aromatic heterocycles. The average molecular weight is 399 g/mol. The molecule has 0 N–H and O–H groups in total. The second-order valence-corrected chi connectivity index (χ2v) is 7.81. The zero-order valence-corrected chi connectivity index (χ0v) is 17.3. The van der Waals surface area contributed by atoms with Gasteiger partial charge in [0.25, 0.3) is 5.91 Å². The van der Waals surface area contributed by atoms with Crippen molar-refractivity contribution in [2.24, 2.45) is 0 Å². The summed E-state index contributed by atoms with van der Waals surface area (Å²) >= 11 is 1.49. The summed E-state index contributed by atoms with van der Waals surface area (Å²) in [5, 5.41) is 2.73. The summed E-state index contributed by atoms with van der Waals surface area (Å²) in [5.41, 5.74) is 4.30. The van der Waals surface area contributed by atoms with Gasteiger partial charge in [0.05, 0.1) is 17.8 Å². The SMILES string of the molecule is Cc1cc(C)c(C)c(OCc2nc(CN(C)C(=O)c3ccccc3F)cs2)c1. The number of aryl methyl sites for hydroxylation is 2. The third kappa shape index (κ3) is 4.57. The number of aromatic nitrogens is 1. The second-order valence-electron chi connectivity index (χ2n) is 6.87. The van der Waals surface area contributed by atoms with Crippen molar-refractivity contribution in [3.05, 3.63) is 80.6 Å². The number of benzene rings is 2. The van der Waals surface area contributed by atoms with Crippen molar-refractivity contribution in [2.45, 2.75) is 33.9 Å². The molecule has 0 spiro atoms. The van der Waals surface area contributed by atoms with Crippen molar-refractivity contribution >= 4 is 17.2 Å². The highest BCUT2D eigenvalue weighted by Gasteiger charge is 2.17. The van der Waals surface area contributed by atoms with Gasteiger partial charge in [0.2, 0.25) is 0 Å². The molecule has 0 aliphatic rings. The van der Waals surface area contributed by atoms with Crippen LogP contribution in [-0.2, 0) is 13.2 Å². The molecule has 28 heavy (non-hydrogen) atoms. The number of nitrogens with zero attached hydrogens (tertiary/aromatic N) is 2. The first-order valence-corrected chi connectivity index (χ1v) is 9.87. The quantitative estimate of drug-likeness (QED) is 0.583. The fraction of sp³-hybridized carbons (Fsp3) is 0.273. The molecule has 0 bridgehead atoms. The summed E-state index contributed by atoms with van der Waals surface area (Å²) < 4.78 is 19.8. The van der Waals surface area contributed by atoms with E-state index in [0.717, 1.165) is 27.6 Å². The minimum atomic E-state index is -0.518. The van der Waals surface area contributed by atoms with Gasteiger partial charge >= 0.3 is 0 Å². The van der Waals surface area contributed by atoms with Crippen LogP contribution in [0, 0.1) is 26.6 Å². The molecule has 3 aromatic rings. The second kappa shape index (κ2) is 8.52. The van der Waals surface area contributed by atoms with Crippen LogP contribution in [0.25, 0.3) is 0 Å². The highest BCUT2D eigenvalue weighted by Crippen LogP contribution is 2.25. The number of carbonyl (C=O) groups is 1. The molecular weight excluding hydrogens is 375 g/mol. The molecule has 146 valence electrons. The van der Waals surface area contributed by atoms with E-state index < -0.39 is 5.82 Å². The number of hydrogen-bond donors (Lipinski definition) is 0. The van der Waals surface area contributed by atoms with Crippen LogP contribution in [0.4, 0.5) is 4.39 Å². The molecule has 0 fully saturated rings. The lowest BCUT2D eigenvalue weighted by atomic mass is 10.1. The van der Waals surface area contributed by atoms with E-state index in [1.807, 2.05) is 25.3 Å². The van der Waals surface area contributed by atoms with Gasteiger partial charge in [-0.2, -0.15) is 0 Å². The highest BCUT2D eigenvalue weighted by atomic mass is 32.1. The largest absolute Gasteiger partial charge is 0.486 e. The molecular formula is C22H23FN2O2S. The first kappa shape index (κ1) is 20.0. The Bertz CT molecular complexity index is 1000. The summed E-state index contributed by atoms with van der Waals surface area (Å²) in [6.07, 6.45) is 0. The molecule has 0 aliphatic heterocycles. The van der Waals surface area contributed by atoms with E-state index >= 15 is 0 Å². The van der Waals surface area contributed by atoms with Gasteiger partial charge in [0.15, 0.2) is 0 Å². The van der Waals surface area contributed by atoms with E-state index in [0.29, 0.717) is 13.2 Å². The van der Waals surface area contributed by atoms with Crippen LogP contribution >= 0.6 is 11.3 Å². The van der Waals surface area contributed by atoms with Crippen molar-refractivity contribution in [2.75, 3.05) is 7.05 Å². The normalized spacial score (nSPS) is 10.8. The maximum Gasteiger partial charge on any atom is 0.256 e. The first-order valence-electron chi connectivity index (χ1n) is 8.99. The first-order chi connectivity index (χ1) is 13.3. The zero-order chi connectivity index (χ0) is 20.3. The Hall–Kier alpha value is -2.73. The molecule has 0 unspecified atom stereocenters. The highest BCUT2D eigenvalue weighted by molar-refractivity contribution is 7.09. The van der Waals surface area contributed by atoms with E-state index in [1.54, 1.807) is 19.2 Å². The Morgan fingerprint density at radius 2 is 1.96 bits per heavy atom. The predicted molar refractivity (Wildman–Crippen MR) is 109 cm³/mol. The lowest BCUT2D eigenvalue weighted by Gasteiger charge is -2.16. The van der Waals surface area contributed by atoms with Gasteiger partial charge in [-0.05, 0) is 55.7 Å². The van der Waals surface area contributed by atoms with Crippen LogP contribution in [0.15, 0.2) is 41.8 Å². The fourth-order valence-electron chi connectivity index (χ4n) is 2.93. The average Bonchev–Trinajstić information content (AvgIpc) is 3.10. The lowest BCUT2D eigenvalue weighted by Crippen LogP contribution is -2.27. The van der Waals surface area contributed by atoms with Gasteiger partial charge in [0.1, 0.15) is 23.2 Å². The smallest absolute Gasteiger partial charge is 0.256 e. The number of thiazole rings is 1. The lowest BCUT2D eigenvalue weighted by molar-refractivity contribution is 0.0779. The third-order valence-electron chi connectivity index (χ3n) is 4.56. The molecule has 4 nitrogen and oxygen atoms in total. The number of halogens is 1. The van der Waals surface area contributed by atoms with E-state index in [1.165, 1.54) is 33.9 Å². The van der Waals surface area contributed by atoms with Gasteiger partial charge in [-0.1, -0.05) is 18.2 Å². The summed E-state index contributed by atoms with van der Waals surface area (Å²) in [7, 11) is 1.64. The summed E-state index contributed by atoms with van der Waals surface area (Å²) in [5.74, 6) is -0.0219. The van der Waals surface area contributed by atoms with Crippen LogP contribution in [0.2, 0.25) is 0 Å². The predicted octanol–water partition coefficient (Wildman–Crippen LogP) is 5.06. The van der Waals surface area contributed by atoms with Crippen molar-refractivity contribution in [1.29, 1.82) is 0 Å². The molecule has 0 aliphatic carbocycles. The number of carbonyl (C=O) groups excluding carboxylic acids is 1. The molecule has 0 saturated carbocycles. The summed E-state index contributed by atoms with van der Waals surface area (Å²) in [6, 6.07) is 10.1. The maximum atomic E-state index is 13.8. The molecule has 2 aromatic carbocycles. The summed E-state index contributed by atoms with van der Waals surface area (Å²) in [6.45, 7) is 6.84. The van der Waals surface area contributed by atoms with Crippen LogP contribution in [-0.4, -0.2) is 22.8 Å². The van der Waals surface area contributed by atoms with E-state index in [-0.39, 0.29) is 11.5 Å². The standard InChI is InChI=1S/C22H23FN2O2S/c1-14-9-15(2)16(3)20(10-14)27-12-21-24-17(13-28-21)11-25(4)22(26)18-7-5-6-8-19(18)23/h5-10,13H,11-12H2,1-4H3. The molecule has 3 rings (SSSR count). The fourth-order valence-corrected chi connectivity index (χ4v) is 3.63. The minimum Gasteiger partial charge on any atom is -0.486 e. The number of rotatable bonds is 6. The minimum absolute atomic E-state index is 0.0640. The monoisotopic (exact) mass is 398 g/mol. The van der Waals surface area contributed by atoms with Crippen molar-refractivity contribution in [1.82, 2.24) is 9.88 Å². The van der Waals surface area contributed by atoms with E-state index in [9.17, 15) is 9.18 Å². The van der Waals surface area contributed by atoms with Crippen LogP contribution < -0.4 is 4.74 Å². The van der Waals surface area contributed by atoms with Crippen molar-refractivity contribution in [3.63, 3.8) is 0 Å². The third-order valence-corrected chi connectivity index (χ3v) is 5.44. The van der Waals surface area contributed by atoms with Gasteiger partial charge < -0.3 is 9.64 Å².